The highest BCUT2D eigenvalue weighted by Gasteiger charge is 2.40. The molecule has 0 aliphatic heterocycles. The van der Waals surface area contributed by atoms with Crippen molar-refractivity contribution in [3.8, 4) is 0 Å². The Labute approximate surface area is 177 Å². The number of sulfone groups is 1. The summed E-state index contributed by atoms with van der Waals surface area (Å²) < 4.78 is 26.6. The average molecular weight is 468 g/mol. The van der Waals surface area contributed by atoms with Gasteiger partial charge in [0.1, 0.15) is 0 Å². The van der Waals surface area contributed by atoms with Gasteiger partial charge in [-0.25, -0.2) is 8.42 Å². The van der Waals surface area contributed by atoms with Crippen LogP contribution in [0.1, 0.15) is 13.8 Å². The molecule has 0 heterocycles. The van der Waals surface area contributed by atoms with E-state index in [1.165, 1.54) is 50.3 Å². The fraction of sp³-hybridized carbons (Fsp3) is 0.222. The van der Waals surface area contributed by atoms with Crippen molar-refractivity contribution in [2.45, 2.75) is 24.6 Å². The first kappa shape index (κ1) is 22.2. The predicted molar refractivity (Wildman–Crippen MR) is 110 cm³/mol. The van der Waals surface area contributed by atoms with E-state index in [4.69, 9.17) is 46.4 Å². The van der Waals surface area contributed by atoms with Crippen molar-refractivity contribution < 1.29 is 18.0 Å². The molecular weight excluding hydrogens is 454 g/mol. The third kappa shape index (κ3) is 4.66. The number of alkyl halides is 2. The molecule has 2 atom stereocenters. The van der Waals surface area contributed by atoms with Crippen LogP contribution in [0, 0.1) is 0 Å². The number of ketones is 2. The van der Waals surface area contributed by atoms with E-state index in [-0.39, 0.29) is 42.6 Å². The molecule has 2 rings (SSSR count). The Balaban J connectivity index is 2.64. The van der Waals surface area contributed by atoms with Gasteiger partial charge in [0.15, 0.2) is 11.6 Å². The van der Waals surface area contributed by atoms with Gasteiger partial charge in [-0.1, -0.05) is 35.4 Å². The molecule has 2 unspecified atom stereocenters. The summed E-state index contributed by atoms with van der Waals surface area (Å²) in [5.74, 6) is -0.593. The third-order valence-electron chi connectivity index (χ3n) is 3.68. The molecule has 0 spiro atoms. The smallest absolute Gasteiger partial charge is 0.205 e. The summed E-state index contributed by atoms with van der Waals surface area (Å²) >= 11 is 24.9. The van der Waals surface area contributed by atoms with Crippen molar-refractivity contribution in [3.63, 3.8) is 0 Å². The second-order valence-electron chi connectivity index (χ2n) is 5.83. The van der Waals surface area contributed by atoms with Crippen LogP contribution in [0.15, 0.2) is 67.5 Å². The van der Waals surface area contributed by atoms with Gasteiger partial charge in [-0.05, 0) is 49.3 Å². The molecule has 0 aromatic carbocycles. The van der Waals surface area contributed by atoms with Crippen molar-refractivity contribution in [3.05, 3.63) is 67.5 Å². The van der Waals surface area contributed by atoms with E-state index in [9.17, 15) is 18.0 Å². The van der Waals surface area contributed by atoms with Crippen LogP contribution in [-0.2, 0) is 19.4 Å². The van der Waals surface area contributed by atoms with Crippen LogP contribution in [0.25, 0.3) is 0 Å². The first-order valence-electron chi connectivity index (χ1n) is 7.59. The Bertz CT molecular complexity index is 920. The van der Waals surface area contributed by atoms with E-state index in [1.807, 2.05) is 0 Å². The van der Waals surface area contributed by atoms with Crippen LogP contribution in [0.2, 0.25) is 0 Å². The highest BCUT2D eigenvalue weighted by atomic mass is 35.5. The fourth-order valence-electron chi connectivity index (χ4n) is 2.58. The molecule has 0 bridgehead atoms. The zero-order valence-corrected chi connectivity index (χ0v) is 18.0. The number of hydrogen-bond acceptors (Lipinski definition) is 4. The zero-order chi connectivity index (χ0) is 20.5. The molecule has 0 aromatic rings. The summed E-state index contributed by atoms with van der Waals surface area (Å²) in [6.07, 6.45) is 8.06. The van der Waals surface area contributed by atoms with Gasteiger partial charge < -0.3 is 0 Å². The maximum Gasteiger partial charge on any atom is 0.205 e. The first-order valence-corrected chi connectivity index (χ1v) is 10.7. The van der Waals surface area contributed by atoms with E-state index < -0.39 is 20.6 Å². The summed E-state index contributed by atoms with van der Waals surface area (Å²) in [6, 6.07) is 0. The van der Waals surface area contributed by atoms with Gasteiger partial charge in [0, 0.05) is 0 Å². The second kappa shape index (κ2) is 8.50. The van der Waals surface area contributed by atoms with Crippen molar-refractivity contribution in [2.75, 3.05) is 0 Å². The summed E-state index contributed by atoms with van der Waals surface area (Å²) in [6.45, 7) is 2.63. The van der Waals surface area contributed by atoms with Gasteiger partial charge >= 0.3 is 0 Å². The lowest BCUT2D eigenvalue weighted by atomic mass is 10.1. The number of rotatable bonds is 4. The number of carbonyl (C=O) groups excluding carboxylic acids is 2. The summed E-state index contributed by atoms with van der Waals surface area (Å²) in [4.78, 5) is 22.1. The minimum Gasteiger partial charge on any atom is -0.295 e. The highest BCUT2D eigenvalue weighted by Crippen LogP contribution is 2.42. The average Bonchev–Trinajstić information content (AvgIpc) is 2.52. The largest absolute Gasteiger partial charge is 0.295 e. The van der Waals surface area contributed by atoms with E-state index in [2.05, 4.69) is 0 Å². The molecule has 9 heteroatoms. The topological polar surface area (TPSA) is 68.3 Å². The number of halogens is 4. The van der Waals surface area contributed by atoms with E-state index in [0.29, 0.717) is 0 Å². The normalized spacial score (nSPS) is 26.3. The maximum absolute atomic E-state index is 13.3. The first-order chi connectivity index (χ1) is 12.5. The lowest BCUT2D eigenvalue weighted by Crippen LogP contribution is -2.26. The Kier molecular flexibility index (Phi) is 6.98. The Hall–Kier alpha value is -1.11. The quantitative estimate of drug-likeness (QED) is 0.444. The predicted octanol–water partition coefficient (Wildman–Crippen LogP) is 4.69. The van der Waals surface area contributed by atoms with Crippen LogP contribution in [0.4, 0.5) is 0 Å². The molecule has 0 amide bonds. The van der Waals surface area contributed by atoms with Crippen LogP contribution < -0.4 is 0 Å². The molecule has 0 saturated heterocycles. The van der Waals surface area contributed by atoms with Crippen LogP contribution in [0.3, 0.4) is 0 Å². The van der Waals surface area contributed by atoms with Crippen LogP contribution >= 0.6 is 46.4 Å². The molecule has 0 aromatic heterocycles. The lowest BCUT2D eigenvalue weighted by molar-refractivity contribution is -0.113. The molecule has 2 aliphatic rings. The Morgan fingerprint density at radius 3 is 1.44 bits per heavy atom. The second-order valence-corrected chi connectivity index (χ2v) is 9.40. The Morgan fingerprint density at radius 2 is 1.15 bits per heavy atom. The number of hydrogen-bond donors (Lipinski definition) is 0. The van der Waals surface area contributed by atoms with Gasteiger partial charge in [-0.2, -0.15) is 0 Å². The van der Waals surface area contributed by atoms with Gasteiger partial charge in [-0.3, -0.25) is 9.59 Å². The van der Waals surface area contributed by atoms with Crippen molar-refractivity contribution in [2.24, 2.45) is 0 Å². The van der Waals surface area contributed by atoms with Crippen LogP contribution in [0.5, 0.6) is 0 Å². The van der Waals surface area contributed by atoms with E-state index >= 15 is 0 Å². The van der Waals surface area contributed by atoms with Crippen molar-refractivity contribution >= 4 is 67.8 Å². The minimum absolute atomic E-state index is 0.108. The minimum atomic E-state index is -4.29. The molecule has 2 aliphatic carbocycles. The zero-order valence-electron chi connectivity index (χ0n) is 14.2. The van der Waals surface area contributed by atoms with Crippen molar-refractivity contribution in [1.29, 1.82) is 0 Å². The monoisotopic (exact) mass is 466 g/mol. The SMILES string of the molecule is CC(=O)C=C1C=CC(Cl)=C(S(=O)(=O)C2=C(Cl)C=CC(=CC(C)=O)C2Cl)C1Cl. The molecule has 4 nitrogen and oxygen atoms in total. The summed E-state index contributed by atoms with van der Waals surface area (Å²) in [5, 5.41) is -2.60. The molecular formula is C18H14Cl4O4S. The molecule has 0 saturated carbocycles. The van der Waals surface area contributed by atoms with Gasteiger partial charge in [0.2, 0.25) is 9.84 Å². The van der Waals surface area contributed by atoms with Crippen molar-refractivity contribution in [1.82, 2.24) is 0 Å². The fourth-order valence-corrected chi connectivity index (χ4v) is 6.56. The standard InChI is InChI=1S/C18H14Cl4O4S/c1-9(23)7-11-3-5-13(19)17(15(11)21)27(25,26)18-14(20)6-4-12(16(18)22)8-10(2)24/h3-8,15-16H,1-2H3. The lowest BCUT2D eigenvalue weighted by Gasteiger charge is -2.25. The summed E-state index contributed by atoms with van der Waals surface area (Å²) in [7, 11) is -4.29. The van der Waals surface area contributed by atoms with E-state index in [1.54, 1.807) is 0 Å². The molecule has 144 valence electrons. The van der Waals surface area contributed by atoms with Crippen LogP contribution in [-0.4, -0.2) is 30.7 Å². The molecule has 27 heavy (non-hydrogen) atoms. The molecule has 0 radical (unpaired) electrons. The molecule has 0 fully saturated rings. The van der Waals surface area contributed by atoms with E-state index in [0.717, 1.165) is 0 Å². The maximum atomic E-state index is 13.3. The Morgan fingerprint density at radius 1 is 0.815 bits per heavy atom. The van der Waals surface area contributed by atoms with Gasteiger partial charge in [0.05, 0.1) is 30.6 Å². The summed E-state index contributed by atoms with van der Waals surface area (Å²) in [5.41, 5.74) is 0.557. The molecule has 0 N–H and O–H groups in total. The third-order valence-corrected chi connectivity index (χ3v) is 7.83. The highest BCUT2D eigenvalue weighted by molar-refractivity contribution is 7.99. The number of allylic oxidation sites excluding steroid dienone is 12. The number of carbonyl (C=O) groups is 2. The van der Waals surface area contributed by atoms with Gasteiger partial charge in [-0.15, -0.1) is 23.2 Å². The van der Waals surface area contributed by atoms with Gasteiger partial charge in [0.25, 0.3) is 0 Å².